The molecule has 3 aromatic heterocycles. The van der Waals surface area contributed by atoms with Crippen molar-refractivity contribution in [3.05, 3.63) is 58.6 Å². The Hall–Kier alpha value is -2.09. The predicted molar refractivity (Wildman–Crippen MR) is 94.1 cm³/mol. The number of thioether (sulfide) groups is 1. The van der Waals surface area contributed by atoms with Crippen molar-refractivity contribution >= 4 is 34.7 Å². The van der Waals surface area contributed by atoms with Gasteiger partial charge >= 0.3 is 0 Å². The third-order valence-electron chi connectivity index (χ3n) is 3.16. The first-order valence-electron chi connectivity index (χ1n) is 6.99. The molecular formula is C16H10ClN3O2S2. The molecule has 0 saturated heterocycles. The summed E-state index contributed by atoms with van der Waals surface area (Å²) in [6.07, 6.45) is 0. The van der Waals surface area contributed by atoms with Crippen molar-refractivity contribution < 1.29 is 8.94 Å². The molecule has 0 radical (unpaired) electrons. The molecule has 0 N–H and O–H groups in total. The van der Waals surface area contributed by atoms with E-state index in [9.17, 15) is 0 Å². The maximum atomic E-state index is 5.87. The average molecular weight is 376 g/mol. The van der Waals surface area contributed by atoms with Crippen molar-refractivity contribution in [3.8, 4) is 22.1 Å². The van der Waals surface area contributed by atoms with E-state index in [4.69, 9.17) is 20.5 Å². The van der Waals surface area contributed by atoms with Crippen LogP contribution in [0.1, 0.15) is 5.69 Å². The van der Waals surface area contributed by atoms with Crippen LogP contribution in [0.3, 0.4) is 0 Å². The highest BCUT2D eigenvalue weighted by molar-refractivity contribution is 7.98. The number of nitrogens with zero attached hydrogens (tertiary/aromatic N) is 3. The van der Waals surface area contributed by atoms with Crippen molar-refractivity contribution in [1.82, 2.24) is 15.4 Å². The molecule has 0 spiro atoms. The molecule has 0 aliphatic carbocycles. The summed E-state index contributed by atoms with van der Waals surface area (Å²) in [4.78, 5) is 1.06. The van der Waals surface area contributed by atoms with Crippen LogP contribution in [0, 0.1) is 0 Å². The number of hydrogen-bond acceptors (Lipinski definition) is 7. The first kappa shape index (κ1) is 15.4. The molecule has 0 fully saturated rings. The van der Waals surface area contributed by atoms with Gasteiger partial charge in [-0.25, -0.2) is 0 Å². The zero-order valence-electron chi connectivity index (χ0n) is 12.2. The number of halogens is 1. The van der Waals surface area contributed by atoms with E-state index in [2.05, 4.69) is 15.4 Å². The Morgan fingerprint density at radius 2 is 2.00 bits per heavy atom. The highest BCUT2D eigenvalue weighted by atomic mass is 35.5. The van der Waals surface area contributed by atoms with E-state index >= 15 is 0 Å². The molecular weight excluding hydrogens is 366 g/mol. The summed E-state index contributed by atoms with van der Waals surface area (Å²) in [5.41, 5.74) is 1.66. The van der Waals surface area contributed by atoms with Crippen molar-refractivity contribution in [1.29, 1.82) is 0 Å². The lowest BCUT2D eigenvalue weighted by molar-refractivity contribution is 0.427. The highest BCUT2D eigenvalue weighted by Gasteiger charge is 2.12. The first-order valence-corrected chi connectivity index (χ1v) is 9.24. The lowest BCUT2D eigenvalue weighted by Gasteiger charge is -1.94. The maximum Gasteiger partial charge on any atom is 0.277 e. The number of aromatic nitrogens is 3. The van der Waals surface area contributed by atoms with Gasteiger partial charge in [0.25, 0.3) is 5.22 Å². The Morgan fingerprint density at radius 3 is 2.79 bits per heavy atom. The third kappa shape index (κ3) is 3.38. The van der Waals surface area contributed by atoms with Gasteiger partial charge in [-0.05, 0) is 35.7 Å². The molecule has 4 aromatic rings. The van der Waals surface area contributed by atoms with Crippen LogP contribution in [0.4, 0.5) is 0 Å². The zero-order chi connectivity index (χ0) is 16.4. The van der Waals surface area contributed by atoms with Crippen LogP contribution >= 0.6 is 34.7 Å². The largest absolute Gasteiger partial charge is 0.411 e. The fourth-order valence-electron chi connectivity index (χ4n) is 2.03. The number of rotatable bonds is 5. The van der Waals surface area contributed by atoms with Gasteiger partial charge in [0, 0.05) is 22.4 Å². The quantitative estimate of drug-likeness (QED) is 0.435. The van der Waals surface area contributed by atoms with Gasteiger partial charge in [-0.15, -0.1) is 21.5 Å². The molecule has 0 saturated carbocycles. The summed E-state index contributed by atoms with van der Waals surface area (Å²) in [5, 5.41) is 15.3. The lowest BCUT2D eigenvalue weighted by Crippen LogP contribution is -1.79. The number of hydrogen-bond donors (Lipinski definition) is 0. The van der Waals surface area contributed by atoms with Crippen molar-refractivity contribution in [2.45, 2.75) is 11.0 Å². The minimum atomic E-state index is 0.466. The third-order valence-corrected chi connectivity index (χ3v) is 5.15. The van der Waals surface area contributed by atoms with E-state index in [0.717, 1.165) is 21.9 Å². The molecule has 8 heteroatoms. The highest BCUT2D eigenvalue weighted by Crippen LogP contribution is 2.29. The van der Waals surface area contributed by atoms with E-state index < -0.39 is 0 Å². The van der Waals surface area contributed by atoms with Crippen LogP contribution in [-0.2, 0) is 5.75 Å². The standard InChI is InChI=1S/C16H10ClN3O2S2/c17-11-5-3-10(4-6-11)15-18-19-16(21-15)24-9-12-8-13(22-20-12)14-2-1-7-23-14/h1-8H,9H2. The lowest BCUT2D eigenvalue weighted by atomic mass is 10.2. The van der Waals surface area contributed by atoms with Gasteiger partial charge in [0.05, 0.1) is 10.6 Å². The van der Waals surface area contributed by atoms with Crippen molar-refractivity contribution in [3.63, 3.8) is 0 Å². The van der Waals surface area contributed by atoms with Crippen molar-refractivity contribution in [2.75, 3.05) is 0 Å². The molecule has 3 heterocycles. The molecule has 0 bridgehead atoms. The SMILES string of the molecule is Clc1ccc(-c2nnc(SCc3cc(-c4cccs4)on3)o2)cc1. The number of benzene rings is 1. The summed E-state index contributed by atoms with van der Waals surface area (Å²) in [6, 6.07) is 13.2. The maximum absolute atomic E-state index is 5.87. The van der Waals surface area contributed by atoms with Crippen LogP contribution in [0.15, 0.2) is 62.0 Å². The minimum absolute atomic E-state index is 0.466. The smallest absolute Gasteiger partial charge is 0.277 e. The molecule has 24 heavy (non-hydrogen) atoms. The van der Waals surface area contributed by atoms with Gasteiger partial charge in [-0.1, -0.05) is 34.6 Å². The Kier molecular flexibility index (Phi) is 4.38. The fraction of sp³-hybridized carbons (Fsp3) is 0.0625. The van der Waals surface area contributed by atoms with Crippen LogP contribution in [-0.4, -0.2) is 15.4 Å². The summed E-state index contributed by atoms with van der Waals surface area (Å²) in [7, 11) is 0. The van der Waals surface area contributed by atoms with E-state index in [0.29, 0.717) is 21.9 Å². The zero-order valence-corrected chi connectivity index (χ0v) is 14.6. The van der Waals surface area contributed by atoms with Crippen LogP contribution < -0.4 is 0 Å². The molecule has 5 nitrogen and oxygen atoms in total. The van der Waals surface area contributed by atoms with Gasteiger partial charge in [0.15, 0.2) is 5.76 Å². The molecule has 4 rings (SSSR count). The van der Waals surface area contributed by atoms with Crippen LogP contribution in [0.5, 0.6) is 0 Å². The topological polar surface area (TPSA) is 65.0 Å². The Morgan fingerprint density at radius 1 is 1.12 bits per heavy atom. The van der Waals surface area contributed by atoms with Crippen LogP contribution in [0.25, 0.3) is 22.1 Å². The molecule has 120 valence electrons. The predicted octanol–water partition coefficient (Wildman–Crippen LogP) is 5.40. The first-order chi connectivity index (χ1) is 11.8. The molecule has 1 aromatic carbocycles. The molecule has 0 aliphatic heterocycles. The van der Waals surface area contributed by atoms with Crippen molar-refractivity contribution in [2.24, 2.45) is 0 Å². The van der Waals surface area contributed by atoms with Gasteiger partial charge in [0.1, 0.15) is 0 Å². The van der Waals surface area contributed by atoms with Gasteiger partial charge in [-0.2, -0.15) is 0 Å². The molecule has 0 aliphatic rings. The Balaban J connectivity index is 1.42. The average Bonchev–Trinajstić information content (AvgIpc) is 3.34. The second-order valence-corrected chi connectivity index (χ2v) is 7.14. The van der Waals surface area contributed by atoms with E-state index in [-0.39, 0.29) is 0 Å². The molecule has 0 atom stereocenters. The number of thiophene rings is 1. The minimum Gasteiger partial charge on any atom is -0.411 e. The van der Waals surface area contributed by atoms with Gasteiger partial charge in [-0.3, -0.25) is 0 Å². The second-order valence-electron chi connectivity index (χ2n) is 4.83. The Bertz CT molecular complexity index is 933. The van der Waals surface area contributed by atoms with E-state index in [1.807, 2.05) is 35.7 Å². The monoisotopic (exact) mass is 375 g/mol. The summed E-state index contributed by atoms with van der Waals surface area (Å²) in [5.74, 6) is 1.83. The van der Waals surface area contributed by atoms with E-state index in [1.165, 1.54) is 11.8 Å². The molecule has 0 amide bonds. The Labute approximate surface area is 150 Å². The summed E-state index contributed by atoms with van der Waals surface area (Å²) >= 11 is 8.91. The summed E-state index contributed by atoms with van der Waals surface area (Å²) < 4.78 is 11.0. The summed E-state index contributed by atoms with van der Waals surface area (Å²) in [6.45, 7) is 0. The van der Waals surface area contributed by atoms with Crippen LogP contribution in [0.2, 0.25) is 5.02 Å². The van der Waals surface area contributed by atoms with Gasteiger partial charge < -0.3 is 8.94 Å². The normalized spacial score (nSPS) is 11.0. The second kappa shape index (κ2) is 6.80. The van der Waals surface area contributed by atoms with Gasteiger partial charge in [0.2, 0.25) is 5.89 Å². The molecule has 0 unspecified atom stereocenters. The fourth-order valence-corrected chi connectivity index (χ4v) is 3.47. The van der Waals surface area contributed by atoms with E-state index in [1.54, 1.807) is 23.5 Å².